The Hall–Kier alpha value is -3.20. The average molecular weight is 598 g/mol. The highest BCUT2D eigenvalue weighted by atomic mass is 32.1. The van der Waals surface area contributed by atoms with Gasteiger partial charge in [-0.3, -0.25) is 9.69 Å². The number of carbonyl (C=O) groups is 1. The van der Waals surface area contributed by atoms with Gasteiger partial charge in [0.25, 0.3) is 0 Å². The van der Waals surface area contributed by atoms with Gasteiger partial charge in [-0.05, 0) is 124 Å². The summed E-state index contributed by atoms with van der Waals surface area (Å²) in [6.45, 7) is 2.68. The van der Waals surface area contributed by atoms with Crippen LogP contribution >= 0.6 is 11.3 Å². The van der Waals surface area contributed by atoms with Gasteiger partial charge in [0.05, 0.1) is 15.2 Å². The maximum atomic E-state index is 14.4. The van der Waals surface area contributed by atoms with E-state index >= 15 is 0 Å². The maximum Gasteiger partial charge on any atom is 0.232 e. The van der Waals surface area contributed by atoms with Gasteiger partial charge in [-0.2, -0.15) is 4.98 Å². The Morgan fingerprint density at radius 2 is 1.74 bits per heavy atom. The van der Waals surface area contributed by atoms with Crippen LogP contribution in [0.4, 0.5) is 10.2 Å². The molecule has 9 heteroatoms. The number of hydrogen-bond donors (Lipinski definition) is 0. The van der Waals surface area contributed by atoms with Crippen LogP contribution < -0.4 is 4.90 Å². The number of aryl methyl sites for hydroxylation is 1. The smallest absolute Gasteiger partial charge is 0.232 e. The van der Waals surface area contributed by atoms with E-state index in [9.17, 15) is 9.18 Å². The highest BCUT2D eigenvalue weighted by Gasteiger charge is 2.69. The van der Waals surface area contributed by atoms with Crippen molar-refractivity contribution in [2.75, 3.05) is 11.4 Å². The number of pyridine rings is 1. The number of alkyl halides is 1. The molecule has 43 heavy (non-hydrogen) atoms. The molecule has 11 rings (SSSR count). The number of rotatable bonds is 8. The second-order valence-corrected chi connectivity index (χ2v) is 15.9. The van der Waals surface area contributed by atoms with Gasteiger partial charge in [-0.15, -0.1) is 11.3 Å². The monoisotopic (exact) mass is 597 g/mol. The zero-order valence-corrected chi connectivity index (χ0v) is 25.4. The number of carbonyl (C=O) groups excluding carboxylic acids is 1. The zero-order valence-electron chi connectivity index (χ0n) is 24.6. The molecule has 0 saturated heterocycles. The van der Waals surface area contributed by atoms with Crippen LogP contribution in [0.25, 0.3) is 21.3 Å². The van der Waals surface area contributed by atoms with Gasteiger partial charge >= 0.3 is 0 Å². The summed E-state index contributed by atoms with van der Waals surface area (Å²) in [7, 11) is 0. The summed E-state index contributed by atoms with van der Waals surface area (Å²) in [6.07, 6.45) is 12.3. The SMILES string of the molecule is Cc1nc2ccc(-c3ccnc(N(CC45CCC(c6nc(C7CC7)no6)(CC4)CC5)C(=O)CC45CC(F)(C4)C5)c3)cc2s1. The first-order valence-electron chi connectivity index (χ1n) is 15.9. The Labute approximate surface area is 254 Å². The number of aromatic nitrogens is 4. The van der Waals surface area contributed by atoms with Gasteiger partial charge in [0.1, 0.15) is 11.5 Å². The fourth-order valence-electron chi connectivity index (χ4n) is 8.84. The molecular weight excluding hydrogens is 561 g/mol. The Morgan fingerprint density at radius 1 is 1.00 bits per heavy atom. The molecule has 0 N–H and O–H groups in total. The van der Waals surface area contributed by atoms with E-state index in [0.29, 0.717) is 44.0 Å². The summed E-state index contributed by atoms with van der Waals surface area (Å²) in [5, 5.41) is 5.37. The number of amides is 1. The standard InChI is InChI=1S/C34H36FN5O2S/c1-21-37-25-5-4-23(14-26(25)43-21)24-6-13-36-27(15-24)40(28(41)16-32-17-34(35,18-32)19-32)20-31-7-10-33(11-8-31,12-9-31)30-38-29(39-42-30)22-2-3-22/h4-6,13-15,22H,2-3,7-12,16-20H2,1H3. The van der Waals surface area contributed by atoms with Crippen molar-refractivity contribution in [3.8, 4) is 11.1 Å². The largest absolute Gasteiger partial charge is 0.339 e. The molecule has 1 aromatic carbocycles. The molecule has 4 bridgehead atoms. The molecule has 0 spiro atoms. The third-order valence-electron chi connectivity index (χ3n) is 11.5. The van der Waals surface area contributed by atoms with Crippen molar-refractivity contribution >= 4 is 33.3 Å². The average Bonchev–Trinajstić information content (AvgIpc) is 3.58. The lowest BCUT2D eigenvalue weighted by atomic mass is 9.41. The number of halogens is 1. The van der Waals surface area contributed by atoms with Crippen molar-refractivity contribution in [2.45, 2.75) is 101 Å². The number of nitrogens with zero attached hydrogens (tertiary/aromatic N) is 5. The molecule has 7 saturated carbocycles. The van der Waals surface area contributed by atoms with Crippen LogP contribution in [-0.2, 0) is 10.2 Å². The van der Waals surface area contributed by atoms with E-state index in [1.807, 2.05) is 24.1 Å². The van der Waals surface area contributed by atoms with Crippen LogP contribution in [0, 0.1) is 17.8 Å². The quantitative estimate of drug-likeness (QED) is 0.206. The topological polar surface area (TPSA) is 85.0 Å². The predicted molar refractivity (Wildman–Crippen MR) is 163 cm³/mol. The third kappa shape index (κ3) is 4.28. The van der Waals surface area contributed by atoms with Crippen LogP contribution in [0.3, 0.4) is 0 Å². The van der Waals surface area contributed by atoms with Crippen molar-refractivity contribution < 1.29 is 13.7 Å². The number of hydrogen-bond acceptors (Lipinski definition) is 7. The molecular formula is C34H36FN5O2S. The highest BCUT2D eigenvalue weighted by Crippen LogP contribution is 2.71. The number of fused-ring (bicyclic) bond motifs is 4. The normalized spacial score (nSPS) is 32.4. The summed E-state index contributed by atoms with van der Waals surface area (Å²) < 4.78 is 21.4. The van der Waals surface area contributed by atoms with E-state index in [0.717, 1.165) is 76.6 Å². The summed E-state index contributed by atoms with van der Waals surface area (Å²) in [4.78, 5) is 30.3. The lowest BCUT2D eigenvalue weighted by Crippen LogP contribution is -2.65. The number of anilines is 1. The summed E-state index contributed by atoms with van der Waals surface area (Å²) in [5.41, 5.74) is 1.98. The van der Waals surface area contributed by atoms with E-state index in [-0.39, 0.29) is 22.2 Å². The van der Waals surface area contributed by atoms with Crippen molar-refractivity contribution in [1.29, 1.82) is 0 Å². The summed E-state index contributed by atoms with van der Waals surface area (Å²) >= 11 is 1.69. The van der Waals surface area contributed by atoms with E-state index in [4.69, 9.17) is 14.5 Å². The minimum Gasteiger partial charge on any atom is -0.339 e. The molecule has 7 aliphatic carbocycles. The minimum atomic E-state index is -1.01. The second-order valence-electron chi connectivity index (χ2n) is 14.7. The molecule has 0 aliphatic heterocycles. The van der Waals surface area contributed by atoms with Crippen molar-refractivity contribution in [3.05, 3.63) is 53.3 Å². The first-order chi connectivity index (χ1) is 20.7. The van der Waals surface area contributed by atoms with Gasteiger partial charge in [0.15, 0.2) is 5.82 Å². The van der Waals surface area contributed by atoms with Crippen molar-refractivity contribution in [1.82, 2.24) is 20.1 Å². The number of thiazole rings is 1. The van der Waals surface area contributed by atoms with Crippen molar-refractivity contribution in [2.24, 2.45) is 10.8 Å². The molecule has 0 radical (unpaired) electrons. The zero-order chi connectivity index (χ0) is 29.0. The van der Waals surface area contributed by atoms with Crippen LogP contribution in [-0.4, -0.2) is 38.2 Å². The van der Waals surface area contributed by atoms with Gasteiger partial charge in [-0.1, -0.05) is 11.2 Å². The first kappa shape index (κ1) is 26.2. The Morgan fingerprint density at radius 3 is 2.47 bits per heavy atom. The van der Waals surface area contributed by atoms with E-state index in [1.54, 1.807) is 11.3 Å². The van der Waals surface area contributed by atoms with Gasteiger partial charge in [0, 0.05) is 30.5 Å². The Kier molecular flexibility index (Phi) is 5.44. The highest BCUT2D eigenvalue weighted by molar-refractivity contribution is 7.18. The Bertz CT molecular complexity index is 1730. The maximum absolute atomic E-state index is 14.4. The second kappa shape index (κ2) is 8.93. The van der Waals surface area contributed by atoms with Gasteiger partial charge in [-0.25, -0.2) is 14.4 Å². The van der Waals surface area contributed by atoms with Crippen molar-refractivity contribution in [3.63, 3.8) is 0 Å². The lowest BCUT2D eigenvalue weighted by molar-refractivity contribution is -0.215. The molecule has 4 aromatic rings. The Balaban J connectivity index is 0.999. The van der Waals surface area contributed by atoms with Crippen LogP contribution in [0.15, 0.2) is 41.1 Å². The first-order valence-corrected chi connectivity index (χ1v) is 16.7. The molecule has 7 nitrogen and oxygen atoms in total. The molecule has 3 aromatic heterocycles. The van der Waals surface area contributed by atoms with Gasteiger partial charge < -0.3 is 4.52 Å². The fraction of sp³-hybridized carbons (Fsp3) is 0.559. The minimum absolute atomic E-state index is 0.0240. The van der Waals surface area contributed by atoms with Gasteiger partial charge in [0.2, 0.25) is 11.8 Å². The fourth-order valence-corrected chi connectivity index (χ4v) is 9.71. The summed E-state index contributed by atoms with van der Waals surface area (Å²) in [6, 6.07) is 10.4. The molecule has 0 atom stereocenters. The number of benzene rings is 1. The molecule has 7 fully saturated rings. The van der Waals surface area contributed by atoms with E-state index in [2.05, 4.69) is 34.4 Å². The van der Waals surface area contributed by atoms with E-state index in [1.165, 1.54) is 12.8 Å². The van der Waals surface area contributed by atoms with Crippen LogP contribution in [0.2, 0.25) is 0 Å². The summed E-state index contributed by atoms with van der Waals surface area (Å²) in [5.74, 6) is 3.00. The van der Waals surface area contributed by atoms with Crippen LogP contribution in [0.5, 0.6) is 0 Å². The third-order valence-corrected chi connectivity index (χ3v) is 12.4. The molecule has 7 aliphatic rings. The predicted octanol–water partition coefficient (Wildman–Crippen LogP) is 7.83. The molecule has 3 heterocycles. The van der Waals surface area contributed by atoms with Crippen LogP contribution in [0.1, 0.15) is 99.7 Å². The lowest BCUT2D eigenvalue weighted by Gasteiger charge is -2.66. The molecule has 222 valence electrons. The molecule has 1 amide bonds. The van der Waals surface area contributed by atoms with E-state index < -0.39 is 5.67 Å². The molecule has 0 unspecified atom stereocenters.